The van der Waals surface area contributed by atoms with Gasteiger partial charge in [-0.05, 0) is 77.7 Å². The Labute approximate surface area is 228 Å². The molecule has 3 amide bonds. The van der Waals surface area contributed by atoms with E-state index in [0.717, 1.165) is 40.8 Å². The Morgan fingerprint density at radius 1 is 0.949 bits per heavy atom. The molecule has 214 valence electrons. The maximum absolute atomic E-state index is 13.5. The highest BCUT2D eigenvalue weighted by atomic mass is 32.1. The quantitative estimate of drug-likeness (QED) is 0.422. The summed E-state index contributed by atoms with van der Waals surface area (Å²) in [6, 6.07) is 0. The zero-order valence-corrected chi connectivity index (χ0v) is 23.2. The Bertz CT molecular complexity index is 1250. The average Bonchev–Trinajstić information content (AvgIpc) is 3.39. The number of carbonyl (C=O) groups excluding carboxylic acids is 3. The van der Waals surface area contributed by atoms with Crippen LogP contribution >= 0.6 is 11.3 Å². The second-order valence-electron chi connectivity index (χ2n) is 10.8. The van der Waals surface area contributed by atoms with E-state index < -0.39 is 29.5 Å². The van der Waals surface area contributed by atoms with Crippen molar-refractivity contribution in [2.45, 2.75) is 90.5 Å². The Balaban J connectivity index is 1.45. The van der Waals surface area contributed by atoms with Crippen molar-refractivity contribution in [1.29, 1.82) is 0 Å². The van der Waals surface area contributed by atoms with Crippen LogP contribution in [-0.4, -0.2) is 46.4 Å². The molecule has 0 saturated carbocycles. The van der Waals surface area contributed by atoms with Gasteiger partial charge in [0.05, 0.1) is 5.56 Å². The lowest BCUT2D eigenvalue weighted by Crippen LogP contribution is -2.38. The highest BCUT2D eigenvalue weighted by Crippen LogP contribution is 2.39. The van der Waals surface area contributed by atoms with Gasteiger partial charge in [0.2, 0.25) is 5.91 Å². The van der Waals surface area contributed by atoms with Crippen LogP contribution in [0.3, 0.4) is 0 Å². The first-order valence-corrected chi connectivity index (χ1v) is 14.0. The molecule has 39 heavy (non-hydrogen) atoms. The van der Waals surface area contributed by atoms with Crippen molar-refractivity contribution in [2.24, 2.45) is 0 Å². The molecule has 2 aliphatic carbocycles. The SMILES string of the molecule is CC(C)(C)OC(=O)NCCNC(=O)c1c(NC(=O)Cn2nc(C(F)(F)F)c3c2CCCC3)sc2c1CCCC2. The number of alkyl carbamates (subject to hydrolysis) is 1. The second kappa shape index (κ2) is 11.6. The number of halogens is 3. The fraction of sp³-hybridized carbons (Fsp3) is 0.615. The van der Waals surface area contributed by atoms with E-state index in [2.05, 4.69) is 21.0 Å². The number of hydrogen-bond donors (Lipinski definition) is 3. The Morgan fingerprint density at radius 2 is 1.59 bits per heavy atom. The third-order valence-corrected chi connectivity index (χ3v) is 7.76. The summed E-state index contributed by atoms with van der Waals surface area (Å²) in [5.74, 6) is -0.926. The van der Waals surface area contributed by atoms with E-state index in [9.17, 15) is 27.6 Å². The molecule has 0 aromatic carbocycles. The van der Waals surface area contributed by atoms with Crippen LogP contribution in [0.1, 0.15) is 84.2 Å². The molecular weight excluding hydrogens is 535 g/mol. The minimum Gasteiger partial charge on any atom is -0.444 e. The molecule has 3 N–H and O–H groups in total. The number of ether oxygens (including phenoxy) is 1. The number of nitrogens with one attached hydrogen (secondary N) is 3. The Morgan fingerprint density at radius 3 is 2.28 bits per heavy atom. The van der Waals surface area contributed by atoms with Crippen molar-refractivity contribution in [3.63, 3.8) is 0 Å². The molecule has 13 heteroatoms. The standard InChI is InChI=1S/C26H34F3N5O4S/c1-25(2,3)38-24(37)31-13-12-30-22(36)20-16-9-5-7-11-18(16)39-23(20)32-19(35)14-34-17-10-6-4-8-15(17)21(33-34)26(27,28)29/h4-14H2,1-3H3,(H,30,36)(H,31,37)(H,32,35). The van der Waals surface area contributed by atoms with Crippen LogP contribution in [0.2, 0.25) is 0 Å². The molecule has 2 aliphatic rings. The van der Waals surface area contributed by atoms with Crippen LogP contribution in [0.15, 0.2) is 0 Å². The molecule has 4 rings (SSSR count). The molecule has 0 unspecified atom stereocenters. The van der Waals surface area contributed by atoms with Crippen molar-refractivity contribution in [1.82, 2.24) is 20.4 Å². The highest BCUT2D eigenvalue weighted by Gasteiger charge is 2.39. The molecule has 0 radical (unpaired) electrons. The van der Waals surface area contributed by atoms with Crippen molar-refractivity contribution in [2.75, 3.05) is 18.4 Å². The van der Waals surface area contributed by atoms with Gasteiger partial charge in [0.1, 0.15) is 17.1 Å². The van der Waals surface area contributed by atoms with Gasteiger partial charge in [-0.3, -0.25) is 14.3 Å². The van der Waals surface area contributed by atoms with Gasteiger partial charge in [-0.2, -0.15) is 18.3 Å². The summed E-state index contributed by atoms with van der Waals surface area (Å²) in [4.78, 5) is 39.1. The normalized spacial score (nSPS) is 15.2. The monoisotopic (exact) mass is 569 g/mol. The third-order valence-electron chi connectivity index (χ3n) is 6.55. The smallest absolute Gasteiger partial charge is 0.435 e. The molecule has 0 spiro atoms. The van der Waals surface area contributed by atoms with E-state index >= 15 is 0 Å². The average molecular weight is 570 g/mol. The summed E-state index contributed by atoms with van der Waals surface area (Å²) in [7, 11) is 0. The molecule has 0 bridgehead atoms. The number of alkyl halides is 3. The fourth-order valence-corrected chi connectivity index (χ4v) is 6.27. The van der Waals surface area contributed by atoms with Gasteiger partial charge in [0.15, 0.2) is 5.69 Å². The largest absolute Gasteiger partial charge is 0.444 e. The second-order valence-corrected chi connectivity index (χ2v) is 11.9. The summed E-state index contributed by atoms with van der Waals surface area (Å²) >= 11 is 1.33. The lowest BCUT2D eigenvalue weighted by atomic mass is 9.95. The van der Waals surface area contributed by atoms with E-state index in [4.69, 9.17) is 4.74 Å². The summed E-state index contributed by atoms with van der Waals surface area (Å²) in [6.45, 7) is 5.18. The van der Waals surface area contributed by atoms with Gasteiger partial charge >= 0.3 is 12.3 Å². The van der Waals surface area contributed by atoms with E-state index in [1.807, 2.05) is 0 Å². The zero-order valence-electron chi connectivity index (χ0n) is 22.3. The van der Waals surface area contributed by atoms with Gasteiger partial charge in [0.25, 0.3) is 5.91 Å². The van der Waals surface area contributed by atoms with Gasteiger partial charge < -0.3 is 20.7 Å². The van der Waals surface area contributed by atoms with Gasteiger partial charge in [-0.15, -0.1) is 11.3 Å². The van der Waals surface area contributed by atoms with Crippen molar-refractivity contribution in [3.05, 3.63) is 33.0 Å². The van der Waals surface area contributed by atoms with Crippen molar-refractivity contribution in [3.8, 4) is 0 Å². The van der Waals surface area contributed by atoms with E-state index in [1.165, 1.54) is 11.3 Å². The van der Waals surface area contributed by atoms with E-state index in [0.29, 0.717) is 35.5 Å². The number of hydrogen-bond acceptors (Lipinski definition) is 6. The van der Waals surface area contributed by atoms with Crippen LogP contribution in [0.5, 0.6) is 0 Å². The lowest BCUT2D eigenvalue weighted by Gasteiger charge is -2.19. The summed E-state index contributed by atoms with van der Waals surface area (Å²) in [5.41, 5.74) is 0.322. The molecule has 0 fully saturated rings. The molecule has 0 atom stereocenters. The minimum atomic E-state index is -4.58. The first kappa shape index (κ1) is 28.9. The molecule has 2 aromatic rings. The van der Waals surface area contributed by atoms with Crippen LogP contribution < -0.4 is 16.0 Å². The van der Waals surface area contributed by atoms with E-state index in [1.54, 1.807) is 20.8 Å². The number of carbonyl (C=O) groups is 3. The maximum Gasteiger partial charge on any atom is 0.435 e. The Kier molecular flexibility index (Phi) is 8.57. The molecular formula is C26H34F3N5O4S. The van der Waals surface area contributed by atoms with Crippen LogP contribution in [-0.2, 0) is 47.9 Å². The first-order chi connectivity index (χ1) is 18.3. The van der Waals surface area contributed by atoms with Crippen molar-refractivity contribution < 1.29 is 32.3 Å². The summed E-state index contributed by atoms with van der Waals surface area (Å²) in [6.07, 6.45) is 0.314. The highest BCUT2D eigenvalue weighted by molar-refractivity contribution is 7.17. The summed E-state index contributed by atoms with van der Waals surface area (Å²) < 4.78 is 47.0. The maximum atomic E-state index is 13.5. The molecule has 0 saturated heterocycles. The number of nitrogens with zero attached hydrogens (tertiary/aromatic N) is 2. The van der Waals surface area contributed by atoms with E-state index in [-0.39, 0.29) is 37.5 Å². The molecule has 0 aliphatic heterocycles. The van der Waals surface area contributed by atoms with Gasteiger partial charge in [-0.1, -0.05) is 0 Å². The minimum absolute atomic E-state index is 0.149. The zero-order chi connectivity index (χ0) is 28.4. The topological polar surface area (TPSA) is 114 Å². The summed E-state index contributed by atoms with van der Waals surface area (Å²) in [5, 5.41) is 12.3. The van der Waals surface area contributed by atoms with Crippen LogP contribution in [0.25, 0.3) is 0 Å². The predicted molar refractivity (Wildman–Crippen MR) is 140 cm³/mol. The predicted octanol–water partition coefficient (Wildman–Crippen LogP) is 4.61. The first-order valence-electron chi connectivity index (χ1n) is 13.2. The number of aromatic nitrogens is 2. The lowest BCUT2D eigenvalue weighted by molar-refractivity contribution is -0.142. The number of anilines is 1. The number of thiophene rings is 1. The third kappa shape index (κ3) is 7.11. The number of aryl methyl sites for hydroxylation is 1. The fourth-order valence-electron chi connectivity index (χ4n) is 4.97. The van der Waals surface area contributed by atoms with Crippen LogP contribution in [0, 0.1) is 0 Å². The number of rotatable bonds is 7. The number of amides is 3. The molecule has 9 nitrogen and oxygen atoms in total. The van der Waals surface area contributed by atoms with Crippen molar-refractivity contribution >= 4 is 34.2 Å². The van der Waals surface area contributed by atoms with Gasteiger partial charge in [-0.25, -0.2) is 4.79 Å². The molecule has 2 heterocycles. The molecule has 2 aromatic heterocycles. The number of fused-ring (bicyclic) bond motifs is 2. The van der Waals surface area contributed by atoms with Crippen LogP contribution in [0.4, 0.5) is 23.0 Å². The Hall–Kier alpha value is -3.09. The van der Waals surface area contributed by atoms with Gasteiger partial charge in [0, 0.05) is 29.2 Å².